The maximum absolute atomic E-state index is 4.60. The molecule has 0 radical (unpaired) electrons. The Bertz CT molecular complexity index is 299. The van der Waals surface area contributed by atoms with Gasteiger partial charge in [-0.2, -0.15) is 5.10 Å². The summed E-state index contributed by atoms with van der Waals surface area (Å²) in [5.74, 6) is 0. The second kappa shape index (κ2) is 3.52. The Labute approximate surface area is 80.0 Å². The lowest BCUT2D eigenvalue weighted by Gasteiger charge is -2.01. The molecule has 2 heteroatoms. The van der Waals surface area contributed by atoms with Crippen molar-refractivity contribution in [3.05, 3.63) is 17.0 Å². The predicted octanol–water partition coefficient (Wildman–Crippen LogP) is 2.25. The summed E-state index contributed by atoms with van der Waals surface area (Å²) in [7, 11) is 2.08. The monoisotopic (exact) mass is 178 g/mol. The predicted molar refractivity (Wildman–Crippen MR) is 53.8 cm³/mol. The zero-order valence-corrected chi connectivity index (χ0v) is 8.64. The third-order valence-electron chi connectivity index (χ3n) is 3.03. The summed E-state index contributed by atoms with van der Waals surface area (Å²) >= 11 is 0. The number of nitrogens with zero attached hydrogens (tertiary/aromatic N) is 2. The van der Waals surface area contributed by atoms with Crippen LogP contribution in [-0.2, 0) is 26.3 Å². The SMILES string of the molecule is CCc1c2c(nn1C)CCCCC2. The van der Waals surface area contributed by atoms with E-state index >= 15 is 0 Å². The largest absolute Gasteiger partial charge is 0.272 e. The molecule has 0 fully saturated rings. The maximum atomic E-state index is 4.60. The Hall–Kier alpha value is -0.790. The average molecular weight is 178 g/mol. The van der Waals surface area contributed by atoms with Crippen molar-refractivity contribution in [3.8, 4) is 0 Å². The Kier molecular flexibility index (Phi) is 2.38. The van der Waals surface area contributed by atoms with Gasteiger partial charge in [0.25, 0.3) is 0 Å². The van der Waals surface area contributed by atoms with E-state index in [4.69, 9.17) is 0 Å². The fraction of sp³-hybridized carbons (Fsp3) is 0.727. The highest BCUT2D eigenvalue weighted by molar-refractivity contribution is 5.27. The molecule has 0 saturated heterocycles. The number of aryl methyl sites for hydroxylation is 2. The van der Waals surface area contributed by atoms with Gasteiger partial charge >= 0.3 is 0 Å². The summed E-state index contributed by atoms with van der Waals surface area (Å²) < 4.78 is 2.08. The summed E-state index contributed by atoms with van der Waals surface area (Å²) in [5.41, 5.74) is 4.39. The van der Waals surface area contributed by atoms with E-state index in [1.807, 2.05) is 0 Å². The van der Waals surface area contributed by atoms with Gasteiger partial charge in [0.2, 0.25) is 0 Å². The van der Waals surface area contributed by atoms with Crippen molar-refractivity contribution in [1.29, 1.82) is 0 Å². The highest BCUT2D eigenvalue weighted by Gasteiger charge is 2.16. The number of rotatable bonds is 1. The van der Waals surface area contributed by atoms with E-state index in [1.165, 1.54) is 43.5 Å². The lowest BCUT2D eigenvalue weighted by molar-refractivity contribution is 0.659. The van der Waals surface area contributed by atoms with Crippen LogP contribution in [-0.4, -0.2) is 9.78 Å². The van der Waals surface area contributed by atoms with Crippen LogP contribution in [0.15, 0.2) is 0 Å². The van der Waals surface area contributed by atoms with Gasteiger partial charge in [-0.05, 0) is 37.7 Å². The minimum absolute atomic E-state index is 1.12. The molecule has 72 valence electrons. The third kappa shape index (κ3) is 1.50. The minimum atomic E-state index is 1.12. The van der Waals surface area contributed by atoms with Crippen LogP contribution in [0.3, 0.4) is 0 Å². The van der Waals surface area contributed by atoms with Crippen LogP contribution >= 0.6 is 0 Å². The van der Waals surface area contributed by atoms with E-state index < -0.39 is 0 Å². The summed E-state index contributed by atoms with van der Waals surface area (Å²) in [5, 5.41) is 4.60. The van der Waals surface area contributed by atoms with Gasteiger partial charge < -0.3 is 0 Å². The van der Waals surface area contributed by atoms with Crippen LogP contribution < -0.4 is 0 Å². The van der Waals surface area contributed by atoms with E-state index in [0.717, 1.165) is 6.42 Å². The molecule has 0 unspecified atom stereocenters. The molecule has 0 amide bonds. The van der Waals surface area contributed by atoms with Crippen LogP contribution in [0.2, 0.25) is 0 Å². The molecule has 2 rings (SSSR count). The van der Waals surface area contributed by atoms with E-state index in [-0.39, 0.29) is 0 Å². The average Bonchev–Trinajstić information content (AvgIpc) is 2.32. The van der Waals surface area contributed by atoms with Gasteiger partial charge in [-0.15, -0.1) is 0 Å². The molecule has 1 aromatic rings. The van der Waals surface area contributed by atoms with E-state index in [1.54, 1.807) is 5.56 Å². The van der Waals surface area contributed by atoms with Crippen molar-refractivity contribution < 1.29 is 0 Å². The Morgan fingerprint density at radius 1 is 1.23 bits per heavy atom. The number of hydrogen-bond acceptors (Lipinski definition) is 1. The smallest absolute Gasteiger partial charge is 0.0659 e. The fourth-order valence-electron chi connectivity index (χ4n) is 2.37. The topological polar surface area (TPSA) is 17.8 Å². The van der Waals surface area contributed by atoms with Crippen LogP contribution in [0.25, 0.3) is 0 Å². The summed E-state index contributed by atoms with van der Waals surface area (Å²) in [6.07, 6.45) is 7.64. The molecule has 0 saturated carbocycles. The molecule has 0 bridgehead atoms. The van der Waals surface area contributed by atoms with Gasteiger partial charge in [0, 0.05) is 12.7 Å². The molecule has 1 aromatic heterocycles. The number of aromatic nitrogens is 2. The van der Waals surface area contributed by atoms with Gasteiger partial charge in [0.1, 0.15) is 0 Å². The van der Waals surface area contributed by atoms with Gasteiger partial charge in [0.05, 0.1) is 5.69 Å². The van der Waals surface area contributed by atoms with Gasteiger partial charge in [-0.1, -0.05) is 13.3 Å². The lowest BCUT2D eigenvalue weighted by atomic mass is 10.1. The molecular weight excluding hydrogens is 160 g/mol. The normalized spacial score (nSPS) is 16.8. The molecule has 2 nitrogen and oxygen atoms in total. The van der Waals surface area contributed by atoms with Crippen LogP contribution in [0.4, 0.5) is 0 Å². The molecule has 0 aromatic carbocycles. The molecule has 0 aliphatic heterocycles. The van der Waals surface area contributed by atoms with Crippen LogP contribution in [0, 0.1) is 0 Å². The summed E-state index contributed by atoms with van der Waals surface area (Å²) in [4.78, 5) is 0. The lowest BCUT2D eigenvalue weighted by Crippen LogP contribution is -1.98. The van der Waals surface area contributed by atoms with Gasteiger partial charge in [-0.3, -0.25) is 4.68 Å². The highest BCUT2D eigenvalue weighted by Crippen LogP contribution is 2.22. The van der Waals surface area contributed by atoms with E-state index in [2.05, 4.69) is 23.8 Å². The second-order valence-electron chi connectivity index (χ2n) is 3.91. The van der Waals surface area contributed by atoms with E-state index in [9.17, 15) is 0 Å². The zero-order valence-electron chi connectivity index (χ0n) is 8.64. The van der Waals surface area contributed by atoms with Crippen molar-refractivity contribution >= 4 is 0 Å². The molecular formula is C11H18N2. The van der Waals surface area contributed by atoms with Crippen molar-refractivity contribution in [2.24, 2.45) is 7.05 Å². The molecule has 13 heavy (non-hydrogen) atoms. The first-order valence-corrected chi connectivity index (χ1v) is 5.36. The zero-order chi connectivity index (χ0) is 9.26. The van der Waals surface area contributed by atoms with Crippen LogP contribution in [0.1, 0.15) is 43.1 Å². The highest BCUT2D eigenvalue weighted by atomic mass is 15.3. The maximum Gasteiger partial charge on any atom is 0.0659 e. The number of hydrogen-bond donors (Lipinski definition) is 0. The first kappa shape index (κ1) is 8.79. The number of fused-ring (bicyclic) bond motifs is 1. The Morgan fingerprint density at radius 3 is 2.77 bits per heavy atom. The standard InChI is InChI=1S/C11H18N2/c1-3-11-9-7-5-4-6-8-10(9)12-13(11)2/h3-8H2,1-2H3. The van der Waals surface area contributed by atoms with Crippen molar-refractivity contribution in [3.63, 3.8) is 0 Å². The molecule has 1 aliphatic rings. The summed E-state index contributed by atoms with van der Waals surface area (Å²) in [6.45, 7) is 2.22. The first-order valence-electron chi connectivity index (χ1n) is 5.36. The van der Waals surface area contributed by atoms with Crippen LogP contribution in [0.5, 0.6) is 0 Å². The van der Waals surface area contributed by atoms with Crippen molar-refractivity contribution in [1.82, 2.24) is 9.78 Å². The molecule has 0 spiro atoms. The Balaban J connectivity index is 2.41. The summed E-state index contributed by atoms with van der Waals surface area (Å²) in [6, 6.07) is 0. The first-order chi connectivity index (χ1) is 6.33. The van der Waals surface area contributed by atoms with Crippen molar-refractivity contribution in [2.45, 2.75) is 45.4 Å². The molecule has 0 N–H and O–H groups in total. The molecule has 0 atom stereocenters. The van der Waals surface area contributed by atoms with Crippen molar-refractivity contribution in [2.75, 3.05) is 0 Å². The fourth-order valence-corrected chi connectivity index (χ4v) is 2.37. The molecule has 1 aliphatic carbocycles. The molecule has 1 heterocycles. The quantitative estimate of drug-likeness (QED) is 0.603. The van der Waals surface area contributed by atoms with Gasteiger partial charge in [-0.25, -0.2) is 0 Å². The third-order valence-corrected chi connectivity index (χ3v) is 3.03. The minimum Gasteiger partial charge on any atom is -0.272 e. The van der Waals surface area contributed by atoms with Gasteiger partial charge in [0.15, 0.2) is 0 Å². The Morgan fingerprint density at radius 2 is 2.00 bits per heavy atom. The van der Waals surface area contributed by atoms with E-state index in [0.29, 0.717) is 0 Å². The second-order valence-corrected chi connectivity index (χ2v) is 3.91.